The van der Waals surface area contributed by atoms with Gasteiger partial charge in [-0.25, -0.2) is 21.6 Å². The molecule has 0 aromatic carbocycles. The molecule has 0 aliphatic carbocycles. The van der Waals surface area contributed by atoms with E-state index in [9.17, 15) is 16.8 Å². The Kier molecular flexibility index (Phi) is 4.72. The molecule has 0 bridgehead atoms. The fourth-order valence-corrected chi connectivity index (χ4v) is 4.92. The van der Waals surface area contributed by atoms with Gasteiger partial charge in [0.05, 0.1) is 16.8 Å². The highest BCUT2D eigenvalue weighted by Gasteiger charge is 2.32. The highest BCUT2D eigenvalue weighted by atomic mass is 32.2. The van der Waals surface area contributed by atoms with Crippen LogP contribution in [0.3, 0.4) is 0 Å². The summed E-state index contributed by atoms with van der Waals surface area (Å²) in [6, 6.07) is 0. The van der Waals surface area contributed by atoms with E-state index in [0.717, 1.165) is 0 Å². The SMILES string of the molecule is NCCCNS(=O)(=O)C1CCS(=O)(=O)CC1. The summed E-state index contributed by atoms with van der Waals surface area (Å²) in [5.74, 6) is -0.0646. The minimum atomic E-state index is -3.38. The molecular weight excluding hydrogens is 252 g/mol. The van der Waals surface area contributed by atoms with Gasteiger partial charge in [-0.15, -0.1) is 0 Å². The first-order chi connectivity index (χ1) is 7.37. The lowest BCUT2D eigenvalue weighted by Gasteiger charge is -2.22. The van der Waals surface area contributed by atoms with Crippen molar-refractivity contribution in [3.63, 3.8) is 0 Å². The molecule has 1 rings (SSSR count). The van der Waals surface area contributed by atoms with Crippen molar-refractivity contribution in [2.75, 3.05) is 24.6 Å². The summed E-state index contributed by atoms with van der Waals surface area (Å²) in [7, 11) is -6.39. The maximum Gasteiger partial charge on any atom is 0.214 e. The molecule has 6 nitrogen and oxygen atoms in total. The number of sulfonamides is 1. The molecule has 0 atom stereocenters. The van der Waals surface area contributed by atoms with Gasteiger partial charge in [-0.2, -0.15) is 0 Å². The number of hydrogen-bond donors (Lipinski definition) is 2. The van der Waals surface area contributed by atoms with Crippen LogP contribution in [0.5, 0.6) is 0 Å². The van der Waals surface area contributed by atoms with Crippen LogP contribution in [0.4, 0.5) is 0 Å². The first-order valence-corrected chi connectivity index (χ1v) is 8.63. The van der Waals surface area contributed by atoms with Gasteiger partial charge in [0, 0.05) is 6.54 Å². The van der Waals surface area contributed by atoms with Crippen LogP contribution in [0, 0.1) is 0 Å². The first-order valence-electron chi connectivity index (χ1n) is 5.26. The van der Waals surface area contributed by atoms with Crippen LogP contribution in [0.1, 0.15) is 19.3 Å². The molecule has 0 spiro atoms. The Morgan fingerprint density at radius 2 is 1.81 bits per heavy atom. The molecule has 1 fully saturated rings. The van der Waals surface area contributed by atoms with Crippen molar-refractivity contribution in [2.24, 2.45) is 5.73 Å². The Labute approximate surface area is 96.6 Å². The molecule has 1 heterocycles. The van der Waals surface area contributed by atoms with Gasteiger partial charge in [-0.1, -0.05) is 0 Å². The van der Waals surface area contributed by atoms with E-state index in [4.69, 9.17) is 5.73 Å². The fourth-order valence-electron chi connectivity index (χ4n) is 1.61. The zero-order valence-corrected chi connectivity index (χ0v) is 10.7. The Hall–Kier alpha value is -0.180. The monoisotopic (exact) mass is 270 g/mol. The van der Waals surface area contributed by atoms with Gasteiger partial charge in [0.1, 0.15) is 9.84 Å². The topological polar surface area (TPSA) is 106 Å². The summed E-state index contributed by atoms with van der Waals surface area (Å²) >= 11 is 0. The largest absolute Gasteiger partial charge is 0.330 e. The molecule has 1 aliphatic rings. The van der Waals surface area contributed by atoms with E-state index in [2.05, 4.69) is 4.72 Å². The fraction of sp³-hybridized carbons (Fsp3) is 1.00. The van der Waals surface area contributed by atoms with Crippen LogP contribution in [0.25, 0.3) is 0 Å². The predicted molar refractivity (Wildman–Crippen MR) is 62.3 cm³/mol. The van der Waals surface area contributed by atoms with E-state index in [1.807, 2.05) is 0 Å². The van der Waals surface area contributed by atoms with Crippen LogP contribution >= 0.6 is 0 Å². The van der Waals surface area contributed by atoms with Crippen LogP contribution in [0.15, 0.2) is 0 Å². The number of hydrogen-bond acceptors (Lipinski definition) is 5. The Bertz CT molecular complexity index is 401. The van der Waals surface area contributed by atoms with Crippen molar-refractivity contribution < 1.29 is 16.8 Å². The van der Waals surface area contributed by atoms with Crippen LogP contribution < -0.4 is 10.5 Å². The minimum Gasteiger partial charge on any atom is -0.330 e. The lowest BCUT2D eigenvalue weighted by atomic mass is 10.2. The molecule has 0 radical (unpaired) electrons. The van der Waals surface area contributed by atoms with Gasteiger partial charge in [-0.3, -0.25) is 0 Å². The Morgan fingerprint density at radius 1 is 1.25 bits per heavy atom. The highest BCUT2D eigenvalue weighted by Crippen LogP contribution is 2.18. The molecule has 0 aromatic rings. The molecule has 0 saturated carbocycles. The highest BCUT2D eigenvalue weighted by molar-refractivity contribution is 7.92. The average Bonchev–Trinajstić information content (AvgIpc) is 2.17. The second-order valence-corrected chi connectivity index (χ2v) is 8.28. The molecular formula is C8H18N2O4S2. The lowest BCUT2D eigenvalue weighted by molar-refractivity contribution is 0.541. The maximum absolute atomic E-state index is 11.7. The van der Waals surface area contributed by atoms with Gasteiger partial charge in [-0.05, 0) is 25.8 Å². The predicted octanol–water partition coefficient (Wildman–Crippen LogP) is -1.17. The van der Waals surface area contributed by atoms with E-state index in [1.54, 1.807) is 0 Å². The summed E-state index contributed by atoms with van der Waals surface area (Å²) < 4.78 is 48.2. The van der Waals surface area contributed by atoms with E-state index in [1.165, 1.54) is 0 Å². The molecule has 0 aromatic heterocycles. The summed E-state index contributed by atoms with van der Waals surface area (Å²) in [5.41, 5.74) is 5.26. The van der Waals surface area contributed by atoms with Gasteiger partial charge >= 0.3 is 0 Å². The van der Waals surface area contributed by atoms with E-state index in [-0.39, 0.29) is 24.3 Å². The molecule has 3 N–H and O–H groups in total. The molecule has 1 aliphatic heterocycles. The van der Waals surface area contributed by atoms with Gasteiger partial charge in [0.25, 0.3) is 0 Å². The third-order valence-corrected chi connectivity index (χ3v) is 6.30. The molecule has 96 valence electrons. The normalized spacial score (nSPS) is 22.1. The van der Waals surface area contributed by atoms with Crippen molar-refractivity contribution >= 4 is 19.9 Å². The zero-order chi connectivity index (χ0) is 12.2. The van der Waals surface area contributed by atoms with Crippen molar-refractivity contribution in [1.29, 1.82) is 0 Å². The van der Waals surface area contributed by atoms with Crippen LogP contribution in [0.2, 0.25) is 0 Å². The number of nitrogens with one attached hydrogen (secondary N) is 1. The standard InChI is InChI=1S/C8H18N2O4S2/c9-4-1-5-10-16(13,14)8-2-6-15(11,12)7-3-8/h8,10H,1-7,9H2. The Balaban J connectivity index is 2.52. The number of rotatable bonds is 5. The minimum absolute atomic E-state index is 0.0323. The van der Waals surface area contributed by atoms with E-state index in [0.29, 0.717) is 19.5 Å². The summed E-state index contributed by atoms with van der Waals surface area (Å²) in [6.07, 6.45) is 0.977. The van der Waals surface area contributed by atoms with Crippen molar-refractivity contribution in [3.05, 3.63) is 0 Å². The maximum atomic E-state index is 11.7. The third-order valence-electron chi connectivity index (χ3n) is 2.62. The van der Waals surface area contributed by atoms with Crippen molar-refractivity contribution in [1.82, 2.24) is 4.72 Å². The second kappa shape index (κ2) is 5.44. The quantitative estimate of drug-likeness (QED) is 0.612. The number of sulfone groups is 1. The number of nitrogens with two attached hydrogens (primary N) is 1. The zero-order valence-electron chi connectivity index (χ0n) is 9.05. The summed E-state index contributed by atoms with van der Waals surface area (Å²) in [5, 5.41) is -0.575. The molecule has 16 heavy (non-hydrogen) atoms. The summed E-state index contributed by atoms with van der Waals surface area (Å²) in [6.45, 7) is 0.754. The van der Waals surface area contributed by atoms with Gasteiger partial charge < -0.3 is 5.73 Å². The molecule has 8 heteroatoms. The van der Waals surface area contributed by atoms with Crippen LogP contribution in [-0.4, -0.2) is 46.7 Å². The lowest BCUT2D eigenvalue weighted by Crippen LogP contribution is -2.40. The van der Waals surface area contributed by atoms with Gasteiger partial charge in [0.2, 0.25) is 10.0 Å². The third kappa shape index (κ3) is 4.00. The average molecular weight is 270 g/mol. The smallest absolute Gasteiger partial charge is 0.214 e. The second-order valence-electron chi connectivity index (χ2n) is 3.93. The van der Waals surface area contributed by atoms with Crippen molar-refractivity contribution in [3.8, 4) is 0 Å². The molecule has 0 amide bonds. The van der Waals surface area contributed by atoms with Gasteiger partial charge in [0.15, 0.2) is 0 Å². The molecule has 1 saturated heterocycles. The Morgan fingerprint density at radius 3 is 2.31 bits per heavy atom. The van der Waals surface area contributed by atoms with Crippen LogP contribution in [-0.2, 0) is 19.9 Å². The van der Waals surface area contributed by atoms with Crippen molar-refractivity contribution in [2.45, 2.75) is 24.5 Å². The first kappa shape index (κ1) is 13.9. The van der Waals surface area contributed by atoms with E-state index < -0.39 is 25.1 Å². The summed E-state index contributed by atoms with van der Waals surface area (Å²) in [4.78, 5) is 0. The molecule has 0 unspecified atom stereocenters. The van der Waals surface area contributed by atoms with E-state index >= 15 is 0 Å².